The highest BCUT2D eigenvalue weighted by atomic mass is 35.5. The summed E-state index contributed by atoms with van der Waals surface area (Å²) >= 11 is 12.0. The topological polar surface area (TPSA) is 67.4 Å². The molecular weight excluding hydrogens is 323 g/mol. The van der Waals surface area contributed by atoms with E-state index in [1.807, 2.05) is 0 Å². The van der Waals surface area contributed by atoms with E-state index in [0.717, 1.165) is 0 Å². The molecule has 0 fully saturated rings. The molecule has 1 atom stereocenters. The summed E-state index contributed by atoms with van der Waals surface area (Å²) in [5, 5.41) is 3.44. The smallest absolute Gasteiger partial charge is 0.242 e. The molecule has 1 rings (SSSR count). The molecule has 0 heterocycles. The van der Waals surface area contributed by atoms with Gasteiger partial charge in [-0.1, -0.05) is 23.2 Å². The van der Waals surface area contributed by atoms with Crippen LogP contribution in [0.5, 0.6) is 0 Å². The SMILES string of the molecule is CNCc1cc(S(=O)(=O)NC(C)COC)c(Cl)cc1Cl. The van der Waals surface area contributed by atoms with Gasteiger partial charge in [0.15, 0.2) is 0 Å². The molecule has 0 aliphatic rings. The van der Waals surface area contributed by atoms with Gasteiger partial charge in [-0.05, 0) is 31.7 Å². The zero-order valence-corrected chi connectivity index (χ0v) is 13.9. The van der Waals surface area contributed by atoms with E-state index in [1.165, 1.54) is 19.2 Å². The number of rotatable bonds is 7. The van der Waals surface area contributed by atoms with Gasteiger partial charge in [0.05, 0.1) is 11.6 Å². The predicted octanol–water partition coefficient (Wildman–Crippen LogP) is 2.03. The van der Waals surface area contributed by atoms with Crippen LogP contribution in [0.15, 0.2) is 17.0 Å². The Bertz CT molecular complexity index is 564. The third-order valence-corrected chi connectivity index (χ3v) is 4.94. The van der Waals surface area contributed by atoms with Gasteiger partial charge >= 0.3 is 0 Å². The molecule has 0 radical (unpaired) electrons. The summed E-state index contributed by atoms with van der Waals surface area (Å²) in [4.78, 5) is 0.0109. The lowest BCUT2D eigenvalue weighted by molar-refractivity contribution is 0.180. The second kappa shape index (κ2) is 7.59. The second-order valence-corrected chi connectivity index (χ2v) is 6.88. The molecule has 0 amide bonds. The largest absolute Gasteiger partial charge is 0.383 e. The van der Waals surface area contributed by atoms with Crippen molar-refractivity contribution in [1.29, 1.82) is 0 Å². The standard InChI is InChI=1S/C12H18Cl2N2O3S/c1-8(7-19-3)16-20(17,18)12-4-9(6-15-2)10(13)5-11(12)14/h4-5,8,15-16H,6-7H2,1-3H3. The third kappa shape index (κ3) is 4.58. The number of ether oxygens (including phenoxy) is 1. The summed E-state index contributed by atoms with van der Waals surface area (Å²) in [6.45, 7) is 2.43. The minimum absolute atomic E-state index is 0.0109. The number of sulfonamides is 1. The molecule has 0 aromatic heterocycles. The van der Waals surface area contributed by atoms with Crippen molar-refractivity contribution < 1.29 is 13.2 Å². The van der Waals surface area contributed by atoms with Crippen LogP contribution in [0.25, 0.3) is 0 Å². The maximum absolute atomic E-state index is 12.3. The Kier molecular flexibility index (Phi) is 6.71. The maximum Gasteiger partial charge on any atom is 0.242 e. The van der Waals surface area contributed by atoms with Crippen molar-refractivity contribution in [2.75, 3.05) is 20.8 Å². The van der Waals surface area contributed by atoms with Crippen molar-refractivity contribution in [2.45, 2.75) is 24.4 Å². The average Bonchev–Trinajstić information content (AvgIpc) is 2.32. The highest BCUT2D eigenvalue weighted by Gasteiger charge is 2.22. The van der Waals surface area contributed by atoms with E-state index in [2.05, 4.69) is 10.0 Å². The van der Waals surface area contributed by atoms with E-state index in [-0.39, 0.29) is 22.6 Å². The highest BCUT2D eigenvalue weighted by Crippen LogP contribution is 2.28. The van der Waals surface area contributed by atoms with Gasteiger partial charge < -0.3 is 10.1 Å². The number of nitrogens with one attached hydrogen (secondary N) is 2. The van der Waals surface area contributed by atoms with E-state index >= 15 is 0 Å². The van der Waals surface area contributed by atoms with Crippen molar-refractivity contribution in [3.63, 3.8) is 0 Å². The van der Waals surface area contributed by atoms with Crippen molar-refractivity contribution in [3.05, 3.63) is 27.7 Å². The molecule has 8 heteroatoms. The lowest BCUT2D eigenvalue weighted by atomic mass is 10.2. The summed E-state index contributed by atoms with van der Waals surface area (Å²) in [6.07, 6.45) is 0. The molecule has 0 saturated heterocycles. The first-order valence-electron chi connectivity index (χ1n) is 5.95. The van der Waals surface area contributed by atoms with Crippen LogP contribution < -0.4 is 10.0 Å². The molecule has 1 aromatic rings. The van der Waals surface area contributed by atoms with Gasteiger partial charge in [-0.2, -0.15) is 0 Å². The Morgan fingerprint density at radius 3 is 2.50 bits per heavy atom. The van der Waals surface area contributed by atoms with E-state index in [4.69, 9.17) is 27.9 Å². The second-order valence-electron chi connectivity index (χ2n) is 4.38. The summed E-state index contributed by atoms with van der Waals surface area (Å²) in [6, 6.07) is 2.55. The van der Waals surface area contributed by atoms with Crippen molar-refractivity contribution >= 4 is 33.2 Å². The fourth-order valence-electron chi connectivity index (χ4n) is 1.72. The molecule has 0 aliphatic heterocycles. The Hall–Kier alpha value is -0.370. The minimum Gasteiger partial charge on any atom is -0.383 e. The molecule has 5 nitrogen and oxygen atoms in total. The number of methoxy groups -OCH3 is 1. The predicted molar refractivity (Wildman–Crippen MR) is 80.9 cm³/mol. The van der Waals surface area contributed by atoms with Crippen molar-refractivity contribution in [2.24, 2.45) is 0 Å². The molecule has 0 aliphatic carbocycles. The first-order chi connectivity index (χ1) is 9.31. The molecule has 1 unspecified atom stereocenters. The van der Waals surface area contributed by atoms with Crippen molar-refractivity contribution in [1.82, 2.24) is 10.0 Å². The van der Waals surface area contributed by atoms with Gasteiger partial charge in [-0.3, -0.25) is 0 Å². The third-order valence-electron chi connectivity index (χ3n) is 2.53. The van der Waals surface area contributed by atoms with Crippen LogP contribution in [0.2, 0.25) is 10.0 Å². The van der Waals surface area contributed by atoms with Gasteiger partial charge in [-0.25, -0.2) is 13.1 Å². The Balaban J connectivity index is 3.14. The van der Waals surface area contributed by atoms with E-state index in [9.17, 15) is 8.42 Å². The number of hydrogen-bond acceptors (Lipinski definition) is 4. The molecule has 2 N–H and O–H groups in total. The first-order valence-corrected chi connectivity index (χ1v) is 8.19. The van der Waals surface area contributed by atoms with E-state index in [1.54, 1.807) is 14.0 Å². The Labute approximate surface area is 129 Å². The molecule has 0 saturated carbocycles. The van der Waals surface area contributed by atoms with Crippen LogP contribution in [0.4, 0.5) is 0 Å². The highest BCUT2D eigenvalue weighted by molar-refractivity contribution is 7.89. The van der Waals surface area contributed by atoms with Gasteiger partial charge in [0.1, 0.15) is 4.90 Å². The van der Waals surface area contributed by atoms with Crippen LogP contribution in [-0.4, -0.2) is 35.2 Å². The number of halogens is 2. The van der Waals surface area contributed by atoms with Crippen molar-refractivity contribution in [3.8, 4) is 0 Å². The maximum atomic E-state index is 12.3. The summed E-state index contributed by atoms with van der Waals surface area (Å²) in [5.74, 6) is 0. The van der Waals surface area contributed by atoms with Gasteiger partial charge in [0.25, 0.3) is 0 Å². The van der Waals surface area contributed by atoms with Gasteiger partial charge in [0.2, 0.25) is 10.0 Å². The average molecular weight is 341 g/mol. The van der Waals surface area contributed by atoms with Crippen LogP contribution in [0, 0.1) is 0 Å². The van der Waals surface area contributed by atoms with Crippen LogP contribution in [-0.2, 0) is 21.3 Å². The van der Waals surface area contributed by atoms with Crippen LogP contribution >= 0.6 is 23.2 Å². The molecule has 114 valence electrons. The molecule has 1 aromatic carbocycles. The van der Waals surface area contributed by atoms with E-state index in [0.29, 0.717) is 17.1 Å². The summed E-state index contributed by atoms with van der Waals surface area (Å²) in [5.41, 5.74) is 0.665. The summed E-state index contributed by atoms with van der Waals surface area (Å²) in [7, 11) is -0.465. The van der Waals surface area contributed by atoms with Crippen LogP contribution in [0.1, 0.15) is 12.5 Å². The van der Waals surface area contributed by atoms with Gasteiger partial charge in [-0.15, -0.1) is 0 Å². The fourth-order valence-corrected chi connectivity index (χ4v) is 3.81. The lowest BCUT2D eigenvalue weighted by Crippen LogP contribution is -2.35. The molecule has 0 bridgehead atoms. The van der Waals surface area contributed by atoms with Gasteiger partial charge in [0, 0.05) is 24.7 Å². The molecular formula is C12H18Cl2N2O3S. The number of benzene rings is 1. The number of hydrogen-bond donors (Lipinski definition) is 2. The quantitative estimate of drug-likeness (QED) is 0.796. The van der Waals surface area contributed by atoms with E-state index < -0.39 is 10.0 Å². The fraction of sp³-hybridized carbons (Fsp3) is 0.500. The summed E-state index contributed by atoms with van der Waals surface area (Å²) < 4.78 is 32.0. The van der Waals surface area contributed by atoms with Crippen LogP contribution in [0.3, 0.4) is 0 Å². The normalized spacial score (nSPS) is 13.4. The lowest BCUT2D eigenvalue weighted by Gasteiger charge is -2.15. The first kappa shape index (κ1) is 17.7. The zero-order chi connectivity index (χ0) is 15.3. The molecule has 0 spiro atoms. The minimum atomic E-state index is -3.72. The monoisotopic (exact) mass is 340 g/mol. The zero-order valence-electron chi connectivity index (χ0n) is 11.5. The molecule has 20 heavy (non-hydrogen) atoms. The Morgan fingerprint density at radius 1 is 1.30 bits per heavy atom. The Morgan fingerprint density at radius 2 is 1.95 bits per heavy atom.